The van der Waals surface area contributed by atoms with E-state index >= 15 is 0 Å². The van der Waals surface area contributed by atoms with Crippen LogP contribution in [0.4, 0.5) is 0 Å². The number of allylic oxidation sites excluding steroid dienone is 4. The quantitative estimate of drug-likeness (QED) is 0.163. The van der Waals surface area contributed by atoms with E-state index < -0.39 is 83.9 Å². The standard InChI is InChI=1S/C44H69NO12/c1-9-12-31-18-25(2)17-26(3)19-37(54-7)40-38(55-8)21-28(5)44(53,57-40)41(50)42(51)45-16-11-10-13-33(45)43(52)56-39(29(6)35(48)23-36(31)49)27(4)20-30-14-15-34(47)32(22-30)24-46/h9,18,20,26,28-35,37-40,46-48,53H,1,10-17,19,21-24H2,2-8H3/b25-18+,27-20+/t26-,28+,29+,30?,31?,32-,33?,34+,35-,37-,38-,39+,40?,44+/m0/s1. The van der Waals surface area contributed by atoms with Crippen LogP contribution in [0.5, 0.6) is 0 Å². The number of ketones is 2. The van der Waals surface area contributed by atoms with Gasteiger partial charge in [0.25, 0.3) is 11.7 Å². The van der Waals surface area contributed by atoms with Crippen molar-refractivity contribution < 1.29 is 58.6 Å². The van der Waals surface area contributed by atoms with Crippen LogP contribution in [0.3, 0.4) is 0 Å². The Morgan fingerprint density at radius 2 is 1.67 bits per heavy atom. The highest BCUT2D eigenvalue weighted by Gasteiger charge is 2.56. The van der Waals surface area contributed by atoms with Gasteiger partial charge in [0.2, 0.25) is 5.79 Å². The predicted molar refractivity (Wildman–Crippen MR) is 212 cm³/mol. The normalized spacial score (nSPS) is 41.0. The van der Waals surface area contributed by atoms with E-state index in [9.17, 15) is 39.6 Å². The van der Waals surface area contributed by atoms with Crippen molar-refractivity contribution in [3.05, 3.63) is 36.0 Å². The molecule has 13 heteroatoms. The van der Waals surface area contributed by atoms with E-state index in [1.54, 1.807) is 26.8 Å². The van der Waals surface area contributed by atoms with Crippen LogP contribution in [0.1, 0.15) is 105 Å². The van der Waals surface area contributed by atoms with Gasteiger partial charge in [-0.15, -0.1) is 6.58 Å². The molecule has 2 bridgehead atoms. The second kappa shape index (κ2) is 21.0. The van der Waals surface area contributed by atoms with Gasteiger partial charge in [0.15, 0.2) is 0 Å². The lowest BCUT2D eigenvalue weighted by molar-refractivity contribution is -0.302. The molecule has 0 aromatic rings. The summed E-state index contributed by atoms with van der Waals surface area (Å²) in [6.45, 7) is 12.9. The zero-order chi connectivity index (χ0) is 42.2. The van der Waals surface area contributed by atoms with Crippen LogP contribution < -0.4 is 0 Å². The second-order valence-electron chi connectivity index (χ2n) is 17.4. The van der Waals surface area contributed by atoms with Crippen LogP contribution in [0.2, 0.25) is 0 Å². The number of hydrogen-bond donors (Lipinski definition) is 4. The molecule has 2 saturated heterocycles. The number of amides is 1. The number of carbonyl (C=O) groups excluding carboxylic acids is 4. The van der Waals surface area contributed by atoms with Gasteiger partial charge in [-0.05, 0) is 95.5 Å². The summed E-state index contributed by atoms with van der Waals surface area (Å²) >= 11 is 0. The monoisotopic (exact) mass is 803 g/mol. The molecule has 4 aliphatic rings. The van der Waals surface area contributed by atoms with E-state index in [1.807, 2.05) is 26.0 Å². The third-order valence-electron chi connectivity index (χ3n) is 13.0. The van der Waals surface area contributed by atoms with Crippen LogP contribution >= 0.6 is 0 Å². The van der Waals surface area contributed by atoms with E-state index in [4.69, 9.17) is 18.9 Å². The molecular weight excluding hydrogens is 734 g/mol. The Bertz CT molecular complexity index is 1480. The summed E-state index contributed by atoms with van der Waals surface area (Å²) in [5.41, 5.74) is 1.58. The van der Waals surface area contributed by atoms with Gasteiger partial charge in [-0.1, -0.05) is 44.6 Å². The lowest BCUT2D eigenvalue weighted by Gasteiger charge is -2.47. The number of cyclic esters (lactones) is 1. The largest absolute Gasteiger partial charge is 0.456 e. The molecule has 4 unspecified atom stereocenters. The van der Waals surface area contributed by atoms with Crippen LogP contribution in [-0.4, -0.2) is 125 Å². The van der Waals surface area contributed by atoms with Crippen molar-refractivity contribution in [2.24, 2.45) is 35.5 Å². The number of nitrogens with zero attached hydrogens (tertiary/aromatic N) is 1. The maximum Gasteiger partial charge on any atom is 0.329 e. The van der Waals surface area contributed by atoms with Gasteiger partial charge in [-0.3, -0.25) is 14.4 Å². The maximum absolute atomic E-state index is 14.3. The molecule has 14 atom stereocenters. The van der Waals surface area contributed by atoms with Crippen molar-refractivity contribution in [2.45, 2.75) is 154 Å². The molecule has 1 saturated carbocycles. The van der Waals surface area contributed by atoms with E-state index in [2.05, 4.69) is 6.58 Å². The number of Topliss-reactive ketones (excluding diaryl/α,β-unsaturated/α-hetero) is 2. The van der Waals surface area contributed by atoms with Crippen molar-refractivity contribution in [3.63, 3.8) is 0 Å². The first-order valence-corrected chi connectivity index (χ1v) is 21.0. The first-order valence-electron chi connectivity index (χ1n) is 21.0. The zero-order valence-electron chi connectivity index (χ0n) is 35.1. The van der Waals surface area contributed by atoms with E-state index in [1.165, 1.54) is 19.1 Å². The Labute approximate surface area is 338 Å². The number of carbonyl (C=O) groups is 4. The van der Waals surface area contributed by atoms with Gasteiger partial charge in [0, 0.05) is 57.5 Å². The highest BCUT2D eigenvalue weighted by Crippen LogP contribution is 2.39. The molecule has 0 spiro atoms. The van der Waals surface area contributed by atoms with Crippen LogP contribution in [0, 0.1) is 35.5 Å². The molecule has 3 aliphatic heterocycles. The number of hydrogen-bond acceptors (Lipinski definition) is 12. The lowest BCUT2D eigenvalue weighted by atomic mass is 9.78. The molecule has 322 valence electrons. The number of ether oxygens (including phenoxy) is 4. The van der Waals surface area contributed by atoms with Crippen molar-refractivity contribution in [1.82, 2.24) is 4.90 Å². The van der Waals surface area contributed by atoms with Gasteiger partial charge in [0.05, 0.1) is 24.4 Å². The first-order chi connectivity index (χ1) is 27.0. The summed E-state index contributed by atoms with van der Waals surface area (Å²) in [6, 6.07) is -1.16. The van der Waals surface area contributed by atoms with Crippen molar-refractivity contribution in [2.75, 3.05) is 27.4 Å². The fourth-order valence-corrected chi connectivity index (χ4v) is 9.51. The highest BCUT2D eigenvalue weighted by molar-refractivity contribution is 6.39. The van der Waals surface area contributed by atoms with E-state index in [0.717, 1.165) is 5.57 Å². The molecule has 13 nitrogen and oxygen atoms in total. The number of piperidine rings is 1. The van der Waals surface area contributed by atoms with Gasteiger partial charge in [0.1, 0.15) is 24.0 Å². The smallest absolute Gasteiger partial charge is 0.329 e. The van der Waals surface area contributed by atoms with Crippen molar-refractivity contribution >= 4 is 23.4 Å². The van der Waals surface area contributed by atoms with Crippen LogP contribution in [-0.2, 0) is 38.1 Å². The molecule has 57 heavy (non-hydrogen) atoms. The fourth-order valence-electron chi connectivity index (χ4n) is 9.51. The number of rotatable bonds is 7. The summed E-state index contributed by atoms with van der Waals surface area (Å²) in [7, 11) is 3.04. The second-order valence-corrected chi connectivity index (χ2v) is 17.4. The minimum Gasteiger partial charge on any atom is -0.456 e. The van der Waals surface area contributed by atoms with Crippen molar-refractivity contribution in [1.29, 1.82) is 0 Å². The summed E-state index contributed by atoms with van der Waals surface area (Å²) in [5.74, 6) is -8.19. The Morgan fingerprint density at radius 1 is 0.982 bits per heavy atom. The third kappa shape index (κ3) is 11.3. The van der Waals surface area contributed by atoms with Crippen LogP contribution in [0.15, 0.2) is 36.0 Å². The molecular formula is C44H69NO12. The minimum atomic E-state index is -2.52. The topological polar surface area (TPSA) is 189 Å². The van der Waals surface area contributed by atoms with Crippen molar-refractivity contribution in [3.8, 4) is 0 Å². The molecule has 3 fully saturated rings. The average Bonchev–Trinajstić information content (AvgIpc) is 3.18. The molecule has 4 N–H and O–H groups in total. The number of esters is 1. The average molecular weight is 804 g/mol. The maximum atomic E-state index is 14.3. The molecule has 1 amide bonds. The Morgan fingerprint density at radius 3 is 2.32 bits per heavy atom. The van der Waals surface area contributed by atoms with Crippen LogP contribution in [0.25, 0.3) is 0 Å². The SMILES string of the molecule is C=CCC1/C=C(\C)C[C@H](C)C[C@H](OC)C2O[C@@](O)(C(=O)C(=O)N3CCCCC3C(=O)O[C@H](/C(C)=C/C3CC[C@@H](O)[C@H](CO)C3)[C@H](C)[C@@H](O)CC1=O)[C@H](C)C[C@@H]2OC. The Balaban J connectivity index is 1.78. The number of fused-ring (bicyclic) bond motifs is 3. The molecule has 4 rings (SSSR count). The number of aliphatic hydroxyl groups excluding tert-OH is 3. The summed E-state index contributed by atoms with van der Waals surface area (Å²) in [5, 5.41) is 44.0. The number of aliphatic hydroxyl groups is 4. The molecule has 0 aromatic carbocycles. The minimum absolute atomic E-state index is 0.00385. The highest BCUT2D eigenvalue weighted by atomic mass is 16.7. The van der Waals surface area contributed by atoms with E-state index in [-0.39, 0.29) is 56.0 Å². The Hall–Kier alpha value is -2.78. The third-order valence-corrected chi connectivity index (χ3v) is 13.0. The number of methoxy groups -OCH3 is 2. The molecule has 0 aromatic heterocycles. The summed E-state index contributed by atoms with van der Waals surface area (Å²) < 4.78 is 24.2. The fraction of sp³-hybridized carbons (Fsp3) is 0.773. The Kier molecular flexibility index (Phi) is 17.2. The first kappa shape index (κ1) is 46.9. The van der Waals surface area contributed by atoms with E-state index in [0.29, 0.717) is 56.9 Å². The van der Waals surface area contributed by atoms with Gasteiger partial charge >= 0.3 is 5.97 Å². The lowest BCUT2D eigenvalue weighted by Crippen LogP contribution is -2.64. The summed E-state index contributed by atoms with van der Waals surface area (Å²) in [4.78, 5) is 57.8. The molecule has 1 aliphatic carbocycles. The zero-order valence-corrected chi connectivity index (χ0v) is 35.1. The molecule has 0 radical (unpaired) electrons. The summed E-state index contributed by atoms with van der Waals surface area (Å²) in [6.07, 6.45) is 5.00. The predicted octanol–water partition coefficient (Wildman–Crippen LogP) is 4.23. The van der Waals surface area contributed by atoms with Gasteiger partial charge in [-0.2, -0.15) is 0 Å². The van der Waals surface area contributed by atoms with Gasteiger partial charge < -0.3 is 44.3 Å². The molecule has 3 heterocycles. The van der Waals surface area contributed by atoms with Gasteiger partial charge in [-0.25, -0.2) is 4.79 Å².